The van der Waals surface area contributed by atoms with Crippen LogP contribution >= 0.6 is 0 Å². The number of carbonyl (C=O) groups excluding carboxylic acids is 2. The van der Waals surface area contributed by atoms with Gasteiger partial charge in [-0.25, -0.2) is 4.68 Å². The largest absolute Gasteiger partial charge is 0.507 e. The van der Waals surface area contributed by atoms with E-state index in [0.717, 1.165) is 11.3 Å². The van der Waals surface area contributed by atoms with Crippen LogP contribution in [0, 0.1) is 6.92 Å². The Morgan fingerprint density at radius 2 is 1.84 bits per heavy atom. The molecule has 0 radical (unpaired) electrons. The van der Waals surface area contributed by atoms with Gasteiger partial charge in [-0.05, 0) is 55.3 Å². The number of carbonyl (C=O) groups is 2. The molecule has 1 aliphatic rings. The third-order valence-electron chi connectivity index (χ3n) is 6.37. The number of para-hydroxylation sites is 1. The van der Waals surface area contributed by atoms with E-state index in [-0.39, 0.29) is 17.9 Å². The van der Waals surface area contributed by atoms with Crippen LogP contribution in [0.5, 0.6) is 5.75 Å². The minimum atomic E-state index is -0.819. The van der Waals surface area contributed by atoms with Crippen molar-refractivity contribution >= 4 is 17.4 Å². The number of pyridine rings is 1. The molecule has 3 heterocycles. The molecule has 4 aromatic rings. The van der Waals surface area contributed by atoms with E-state index in [4.69, 9.17) is 4.74 Å². The first-order valence-electron chi connectivity index (χ1n) is 12.0. The van der Waals surface area contributed by atoms with Crippen molar-refractivity contribution in [2.45, 2.75) is 26.4 Å². The molecule has 1 saturated heterocycles. The van der Waals surface area contributed by atoms with Crippen molar-refractivity contribution < 1.29 is 19.4 Å². The van der Waals surface area contributed by atoms with Crippen LogP contribution in [0.25, 0.3) is 11.4 Å². The van der Waals surface area contributed by atoms with Crippen LogP contribution in [-0.2, 0) is 16.1 Å². The van der Waals surface area contributed by atoms with Gasteiger partial charge in [0.25, 0.3) is 11.7 Å². The number of aliphatic hydroxyl groups is 1. The van der Waals surface area contributed by atoms with E-state index in [0.29, 0.717) is 29.2 Å². The van der Waals surface area contributed by atoms with E-state index < -0.39 is 17.7 Å². The monoisotopic (exact) mass is 494 g/mol. The van der Waals surface area contributed by atoms with Crippen molar-refractivity contribution in [3.63, 3.8) is 0 Å². The number of hydrogen-bond acceptors (Lipinski definition) is 6. The molecule has 8 nitrogen and oxygen atoms in total. The number of rotatable bonds is 7. The minimum absolute atomic E-state index is 0.0123. The summed E-state index contributed by atoms with van der Waals surface area (Å²) < 4.78 is 7.36. The highest BCUT2D eigenvalue weighted by Crippen LogP contribution is 2.41. The first-order valence-corrected chi connectivity index (χ1v) is 12.0. The van der Waals surface area contributed by atoms with Crippen LogP contribution in [0.1, 0.15) is 35.3 Å². The molecule has 186 valence electrons. The Labute approximate surface area is 214 Å². The van der Waals surface area contributed by atoms with Crippen LogP contribution in [-0.4, -0.2) is 43.1 Å². The highest BCUT2D eigenvalue weighted by Gasteiger charge is 2.46. The standard InChI is InChI=1S/C29H26N4O4/c1-3-37-23-13-7-10-21(15-23)26-25(28(35)29(36)32(26)18-20-9-8-14-30-16-20)27(34)24-17-31-33(19(24)2)22-11-5-4-6-12-22/h4-17,26,34H,3,18H2,1-2H3. The first-order chi connectivity index (χ1) is 18.0. The Morgan fingerprint density at radius 1 is 1.03 bits per heavy atom. The number of Topliss-reactive ketones (excluding diaryl/α,β-unsaturated/α-hetero) is 1. The molecule has 2 aromatic carbocycles. The average molecular weight is 495 g/mol. The van der Waals surface area contributed by atoms with Crippen LogP contribution in [0.15, 0.2) is 90.9 Å². The maximum Gasteiger partial charge on any atom is 0.295 e. The van der Waals surface area contributed by atoms with Gasteiger partial charge in [0, 0.05) is 18.9 Å². The summed E-state index contributed by atoms with van der Waals surface area (Å²) in [7, 11) is 0. The summed E-state index contributed by atoms with van der Waals surface area (Å²) in [5.74, 6) is -1.09. The van der Waals surface area contributed by atoms with Gasteiger partial charge in [0.1, 0.15) is 11.5 Å². The number of hydrogen-bond donors (Lipinski definition) is 1. The SMILES string of the molecule is CCOc1cccc(C2C(=C(O)c3cnn(-c4ccccc4)c3C)C(=O)C(=O)N2Cc2cccnc2)c1. The Kier molecular flexibility index (Phi) is 6.55. The zero-order valence-electron chi connectivity index (χ0n) is 20.5. The summed E-state index contributed by atoms with van der Waals surface area (Å²) in [5, 5.41) is 16.0. The number of aliphatic hydroxyl groups excluding tert-OH is 1. The molecule has 0 spiro atoms. The Hall–Kier alpha value is -4.72. The van der Waals surface area contributed by atoms with Crippen molar-refractivity contribution in [1.82, 2.24) is 19.7 Å². The molecule has 0 bridgehead atoms. The zero-order valence-corrected chi connectivity index (χ0v) is 20.5. The average Bonchev–Trinajstić information content (AvgIpc) is 3.42. The van der Waals surface area contributed by atoms with E-state index in [9.17, 15) is 14.7 Å². The summed E-state index contributed by atoms with van der Waals surface area (Å²) in [4.78, 5) is 32.3. The molecule has 0 saturated carbocycles. The lowest BCUT2D eigenvalue weighted by Crippen LogP contribution is -2.29. The zero-order chi connectivity index (χ0) is 25.9. The van der Waals surface area contributed by atoms with Crippen LogP contribution < -0.4 is 4.74 Å². The van der Waals surface area contributed by atoms with E-state index >= 15 is 0 Å². The summed E-state index contributed by atoms with van der Waals surface area (Å²) in [6.07, 6.45) is 4.81. The molecule has 0 aliphatic carbocycles. The lowest BCUT2D eigenvalue weighted by atomic mass is 9.95. The normalized spacial score (nSPS) is 16.8. The van der Waals surface area contributed by atoms with Gasteiger partial charge in [0.05, 0.1) is 41.4 Å². The number of nitrogens with zero attached hydrogens (tertiary/aromatic N) is 4. The third kappa shape index (κ3) is 4.49. The number of benzene rings is 2. The number of aromatic nitrogens is 3. The van der Waals surface area contributed by atoms with E-state index in [1.165, 1.54) is 11.1 Å². The fraction of sp³-hybridized carbons (Fsp3) is 0.172. The second-order valence-electron chi connectivity index (χ2n) is 8.68. The van der Waals surface area contributed by atoms with Crippen molar-refractivity contribution in [3.05, 3.63) is 113 Å². The summed E-state index contributed by atoms with van der Waals surface area (Å²) in [5.41, 5.74) is 3.28. The Morgan fingerprint density at radius 3 is 2.57 bits per heavy atom. The third-order valence-corrected chi connectivity index (χ3v) is 6.37. The van der Waals surface area contributed by atoms with Gasteiger partial charge in [-0.3, -0.25) is 14.6 Å². The first kappa shape index (κ1) is 24.0. The van der Waals surface area contributed by atoms with Crippen molar-refractivity contribution in [1.29, 1.82) is 0 Å². The quantitative estimate of drug-likeness (QED) is 0.229. The molecule has 2 aromatic heterocycles. The predicted molar refractivity (Wildman–Crippen MR) is 138 cm³/mol. The molecular formula is C29H26N4O4. The Balaban J connectivity index is 1.65. The van der Waals surface area contributed by atoms with Crippen molar-refractivity contribution in [2.24, 2.45) is 0 Å². The second kappa shape index (κ2) is 10.1. The van der Waals surface area contributed by atoms with Gasteiger partial charge in [-0.2, -0.15) is 5.10 Å². The lowest BCUT2D eigenvalue weighted by Gasteiger charge is -2.25. The molecular weight excluding hydrogens is 468 g/mol. The molecule has 1 fully saturated rings. The van der Waals surface area contributed by atoms with E-state index in [1.54, 1.807) is 29.2 Å². The molecule has 1 N–H and O–H groups in total. The summed E-state index contributed by atoms with van der Waals surface area (Å²) in [6.45, 7) is 4.32. The van der Waals surface area contributed by atoms with Gasteiger partial charge in [-0.1, -0.05) is 36.4 Å². The number of ether oxygens (including phenoxy) is 1. The topological polar surface area (TPSA) is 97.5 Å². The molecule has 8 heteroatoms. The van der Waals surface area contributed by atoms with Crippen LogP contribution in [0.4, 0.5) is 0 Å². The van der Waals surface area contributed by atoms with Gasteiger partial charge in [0.2, 0.25) is 0 Å². The van der Waals surface area contributed by atoms with Gasteiger partial charge < -0.3 is 14.7 Å². The predicted octanol–water partition coefficient (Wildman–Crippen LogP) is 4.60. The fourth-order valence-corrected chi connectivity index (χ4v) is 4.64. The molecule has 37 heavy (non-hydrogen) atoms. The number of amides is 1. The van der Waals surface area contributed by atoms with Gasteiger partial charge in [0.15, 0.2) is 0 Å². The number of likely N-dealkylation sites (tertiary alicyclic amines) is 1. The lowest BCUT2D eigenvalue weighted by molar-refractivity contribution is -0.140. The highest BCUT2D eigenvalue weighted by molar-refractivity contribution is 6.46. The summed E-state index contributed by atoms with van der Waals surface area (Å²) >= 11 is 0. The summed E-state index contributed by atoms with van der Waals surface area (Å²) in [6, 6.07) is 19.5. The molecule has 1 aliphatic heterocycles. The molecule has 1 atom stereocenters. The van der Waals surface area contributed by atoms with Crippen LogP contribution in [0.2, 0.25) is 0 Å². The van der Waals surface area contributed by atoms with Crippen molar-refractivity contribution in [2.75, 3.05) is 6.61 Å². The maximum absolute atomic E-state index is 13.4. The Bertz CT molecular complexity index is 1480. The maximum atomic E-state index is 13.4. The molecule has 1 amide bonds. The molecule has 5 rings (SSSR count). The second-order valence-corrected chi connectivity index (χ2v) is 8.68. The highest BCUT2D eigenvalue weighted by atomic mass is 16.5. The van der Waals surface area contributed by atoms with E-state index in [1.807, 2.05) is 68.4 Å². The smallest absolute Gasteiger partial charge is 0.295 e. The van der Waals surface area contributed by atoms with Crippen LogP contribution in [0.3, 0.4) is 0 Å². The molecule has 1 unspecified atom stereocenters. The van der Waals surface area contributed by atoms with Gasteiger partial charge >= 0.3 is 0 Å². The number of ketones is 1. The van der Waals surface area contributed by atoms with E-state index in [2.05, 4.69) is 10.1 Å². The van der Waals surface area contributed by atoms with Crippen molar-refractivity contribution in [3.8, 4) is 11.4 Å². The van der Waals surface area contributed by atoms with Gasteiger partial charge in [-0.15, -0.1) is 0 Å². The fourth-order valence-electron chi connectivity index (χ4n) is 4.64. The minimum Gasteiger partial charge on any atom is -0.507 e.